The minimum Gasteiger partial charge on any atom is -0.481 e. The second-order valence-corrected chi connectivity index (χ2v) is 5.63. The number of carbonyl (C=O) groups excluding carboxylic acids is 1. The summed E-state index contributed by atoms with van der Waals surface area (Å²) >= 11 is 0. The van der Waals surface area contributed by atoms with Crippen LogP contribution in [0.5, 0.6) is 0 Å². The first-order chi connectivity index (χ1) is 10.5. The van der Waals surface area contributed by atoms with Gasteiger partial charge in [0.05, 0.1) is 0 Å². The number of amides is 2. The number of hydrogen-bond acceptors (Lipinski definition) is 3. The summed E-state index contributed by atoms with van der Waals surface area (Å²) in [5, 5.41) is 11.6. The molecule has 6 heteroatoms. The molecule has 0 atom stereocenters. The van der Waals surface area contributed by atoms with E-state index in [1.807, 2.05) is 31.2 Å². The molecule has 0 unspecified atom stereocenters. The minimum atomic E-state index is -0.754. The second kappa shape index (κ2) is 7.79. The Morgan fingerprint density at radius 1 is 1.23 bits per heavy atom. The number of aliphatic carboxylic acids is 1. The summed E-state index contributed by atoms with van der Waals surface area (Å²) in [6.07, 6.45) is 0.860. The Bertz CT molecular complexity index is 525. The predicted molar refractivity (Wildman–Crippen MR) is 85.1 cm³/mol. The highest BCUT2D eigenvalue weighted by Crippen LogP contribution is 2.11. The number of nitrogens with zero attached hydrogens (tertiary/aromatic N) is 2. The molecule has 2 rings (SSSR count). The lowest BCUT2D eigenvalue weighted by Crippen LogP contribution is -2.50. The molecule has 2 amide bonds. The zero-order chi connectivity index (χ0) is 15.9. The van der Waals surface area contributed by atoms with Gasteiger partial charge in [0.15, 0.2) is 0 Å². The summed E-state index contributed by atoms with van der Waals surface area (Å²) in [4.78, 5) is 26.7. The van der Waals surface area contributed by atoms with Crippen LogP contribution in [0.4, 0.5) is 10.5 Å². The molecule has 1 aliphatic rings. The van der Waals surface area contributed by atoms with E-state index in [4.69, 9.17) is 5.11 Å². The summed E-state index contributed by atoms with van der Waals surface area (Å²) < 4.78 is 0. The van der Waals surface area contributed by atoms with Gasteiger partial charge in [-0.15, -0.1) is 0 Å². The van der Waals surface area contributed by atoms with E-state index >= 15 is 0 Å². The maximum absolute atomic E-state index is 12.2. The van der Waals surface area contributed by atoms with Gasteiger partial charge in [-0.25, -0.2) is 4.79 Å². The van der Waals surface area contributed by atoms with Crippen molar-refractivity contribution in [1.29, 1.82) is 0 Å². The Hall–Kier alpha value is -2.08. The molecule has 0 spiro atoms. The molecule has 0 aromatic heterocycles. The molecule has 120 valence electrons. The van der Waals surface area contributed by atoms with Crippen LogP contribution in [0.25, 0.3) is 0 Å². The SMILES string of the molecule is Cc1cccc(NC(=O)N2CCN(CCCC(=O)O)CC2)c1. The van der Waals surface area contributed by atoms with E-state index in [9.17, 15) is 9.59 Å². The number of rotatable bonds is 5. The Morgan fingerprint density at radius 2 is 1.95 bits per heavy atom. The van der Waals surface area contributed by atoms with Crippen LogP contribution in [-0.2, 0) is 4.79 Å². The molecule has 6 nitrogen and oxygen atoms in total. The number of carboxylic acids is 1. The Morgan fingerprint density at radius 3 is 2.59 bits per heavy atom. The fraction of sp³-hybridized carbons (Fsp3) is 0.500. The molecule has 2 N–H and O–H groups in total. The lowest BCUT2D eigenvalue weighted by atomic mass is 10.2. The van der Waals surface area contributed by atoms with Gasteiger partial charge in [-0.05, 0) is 37.6 Å². The molecule has 1 aromatic carbocycles. The molecule has 0 saturated carbocycles. The van der Waals surface area contributed by atoms with Gasteiger partial charge in [0.2, 0.25) is 0 Å². The monoisotopic (exact) mass is 305 g/mol. The maximum atomic E-state index is 12.2. The molecule has 1 aliphatic heterocycles. The molecule has 1 saturated heterocycles. The first kappa shape index (κ1) is 16.3. The number of hydrogen-bond donors (Lipinski definition) is 2. The highest BCUT2D eigenvalue weighted by atomic mass is 16.4. The highest BCUT2D eigenvalue weighted by Gasteiger charge is 2.20. The summed E-state index contributed by atoms with van der Waals surface area (Å²) in [7, 11) is 0. The topological polar surface area (TPSA) is 72.9 Å². The second-order valence-electron chi connectivity index (χ2n) is 5.63. The van der Waals surface area contributed by atoms with Crippen molar-refractivity contribution >= 4 is 17.7 Å². The Balaban J connectivity index is 1.74. The molecule has 0 aliphatic carbocycles. The van der Waals surface area contributed by atoms with Crippen molar-refractivity contribution in [2.75, 3.05) is 38.0 Å². The van der Waals surface area contributed by atoms with Crippen LogP contribution >= 0.6 is 0 Å². The van der Waals surface area contributed by atoms with Gasteiger partial charge in [-0.3, -0.25) is 9.69 Å². The average molecular weight is 305 g/mol. The smallest absolute Gasteiger partial charge is 0.321 e. The van der Waals surface area contributed by atoms with Crippen molar-refractivity contribution in [3.63, 3.8) is 0 Å². The zero-order valence-electron chi connectivity index (χ0n) is 12.9. The van der Waals surface area contributed by atoms with Crippen molar-refractivity contribution in [1.82, 2.24) is 9.80 Å². The van der Waals surface area contributed by atoms with Gasteiger partial charge in [-0.2, -0.15) is 0 Å². The molecule has 22 heavy (non-hydrogen) atoms. The predicted octanol–water partition coefficient (Wildman–Crippen LogP) is 2.01. The summed E-state index contributed by atoms with van der Waals surface area (Å²) in [5.74, 6) is -0.754. The molecule has 0 bridgehead atoms. The van der Waals surface area contributed by atoms with E-state index in [2.05, 4.69) is 10.2 Å². The number of carboxylic acid groups (broad SMARTS) is 1. The maximum Gasteiger partial charge on any atom is 0.321 e. The van der Waals surface area contributed by atoms with Crippen LogP contribution in [-0.4, -0.2) is 59.6 Å². The highest BCUT2D eigenvalue weighted by molar-refractivity contribution is 5.89. The van der Waals surface area contributed by atoms with E-state index < -0.39 is 5.97 Å². The third-order valence-corrected chi connectivity index (χ3v) is 3.79. The average Bonchev–Trinajstić information content (AvgIpc) is 2.47. The van der Waals surface area contributed by atoms with Crippen LogP contribution in [0.1, 0.15) is 18.4 Å². The largest absolute Gasteiger partial charge is 0.481 e. The molecular weight excluding hydrogens is 282 g/mol. The van der Waals surface area contributed by atoms with Crippen molar-refractivity contribution < 1.29 is 14.7 Å². The summed E-state index contributed by atoms with van der Waals surface area (Å²) in [5.41, 5.74) is 1.93. The fourth-order valence-electron chi connectivity index (χ4n) is 2.55. The van der Waals surface area contributed by atoms with E-state index in [1.165, 1.54) is 0 Å². The lowest BCUT2D eigenvalue weighted by Gasteiger charge is -2.34. The van der Waals surface area contributed by atoms with Crippen molar-refractivity contribution in [3.05, 3.63) is 29.8 Å². The first-order valence-corrected chi connectivity index (χ1v) is 7.61. The van der Waals surface area contributed by atoms with Gasteiger partial charge in [0, 0.05) is 38.3 Å². The number of anilines is 1. The molecule has 1 aromatic rings. The Kier molecular flexibility index (Phi) is 5.77. The number of aryl methyl sites for hydroxylation is 1. The molecule has 1 fully saturated rings. The van der Waals surface area contributed by atoms with Crippen molar-refractivity contribution in [2.24, 2.45) is 0 Å². The van der Waals surface area contributed by atoms with E-state index in [-0.39, 0.29) is 12.5 Å². The van der Waals surface area contributed by atoms with E-state index in [0.717, 1.165) is 30.9 Å². The third kappa shape index (κ3) is 5.04. The van der Waals surface area contributed by atoms with Crippen LogP contribution in [0.15, 0.2) is 24.3 Å². The molecule has 1 heterocycles. The lowest BCUT2D eigenvalue weighted by molar-refractivity contribution is -0.137. The zero-order valence-corrected chi connectivity index (χ0v) is 12.9. The van der Waals surface area contributed by atoms with E-state index in [1.54, 1.807) is 4.90 Å². The number of carbonyl (C=O) groups is 2. The van der Waals surface area contributed by atoms with Crippen molar-refractivity contribution in [3.8, 4) is 0 Å². The Labute approximate surface area is 130 Å². The van der Waals surface area contributed by atoms with Crippen LogP contribution in [0.3, 0.4) is 0 Å². The number of nitrogens with one attached hydrogen (secondary N) is 1. The van der Waals surface area contributed by atoms with Gasteiger partial charge in [0.25, 0.3) is 0 Å². The normalized spacial score (nSPS) is 15.6. The fourth-order valence-corrected chi connectivity index (χ4v) is 2.55. The molecular formula is C16H23N3O3. The van der Waals surface area contributed by atoms with Gasteiger partial charge < -0.3 is 15.3 Å². The quantitative estimate of drug-likeness (QED) is 0.873. The summed E-state index contributed by atoms with van der Waals surface area (Å²) in [6, 6.07) is 7.67. The number of piperazine rings is 1. The number of urea groups is 1. The van der Waals surface area contributed by atoms with Crippen molar-refractivity contribution in [2.45, 2.75) is 19.8 Å². The van der Waals surface area contributed by atoms with Gasteiger partial charge in [0.1, 0.15) is 0 Å². The first-order valence-electron chi connectivity index (χ1n) is 7.61. The van der Waals surface area contributed by atoms with Crippen LogP contribution < -0.4 is 5.32 Å². The van der Waals surface area contributed by atoms with Crippen LogP contribution in [0.2, 0.25) is 0 Å². The van der Waals surface area contributed by atoms with Crippen LogP contribution in [0, 0.1) is 6.92 Å². The number of benzene rings is 1. The van der Waals surface area contributed by atoms with Gasteiger partial charge >= 0.3 is 12.0 Å². The molecule has 0 radical (unpaired) electrons. The summed E-state index contributed by atoms with van der Waals surface area (Å²) in [6.45, 7) is 5.70. The standard InChI is InChI=1S/C16H23N3O3/c1-13-4-2-5-14(12-13)17-16(22)19-10-8-18(9-11-19)7-3-6-15(20)21/h2,4-5,12H,3,6-11H2,1H3,(H,17,22)(H,20,21). The minimum absolute atomic E-state index is 0.0733. The van der Waals surface area contributed by atoms with E-state index in [0.29, 0.717) is 19.5 Å². The third-order valence-electron chi connectivity index (χ3n) is 3.79. The van der Waals surface area contributed by atoms with Gasteiger partial charge in [-0.1, -0.05) is 12.1 Å².